The summed E-state index contributed by atoms with van der Waals surface area (Å²) in [5, 5.41) is 2.57. The highest BCUT2D eigenvalue weighted by molar-refractivity contribution is 5.97. The maximum atomic E-state index is 11.9. The number of nitrogens with one attached hydrogen (secondary N) is 1. The fourth-order valence-corrected chi connectivity index (χ4v) is 2.22. The highest BCUT2D eigenvalue weighted by atomic mass is 16.6. The van der Waals surface area contributed by atoms with Crippen LogP contribution in [0.1, 0.15) is 28.4 Å². The SMILES string of the molecule is CC(=O)c1cccc(NC(=O)COC(=O)COc2cccc(C)c2C)c1. The Kier molecular flexibility index (Phi) is 6.49. The molecule has 6 nitrogen and oxygen atoms in total. The Morgan fingerprint density at radius 1 is 1.00 bits per heavy atom. The summed E-state index contributed by atoms with van der Waals surface area (Å²) in [5.41, 5.74) is 2.96. The van der Waals surface area contributed by atoms with E-state index in [1.807, 2.05) is 26.0 Å². The van der Waals surface area contributed by atoms with Crippen molar-refractivity contribution in [3.63, 3.8) is 0 Å². The van der Waals surface area contributed by atoms with E-state index in [0.29, 0.717) is 17.0 Å². The zero-order valence-electron chi connectivity index (χ0n) is 15.0. The fourth-order valence-electron chi connectivity index (χ4n) is 2.22. The molecule has 1 N–H and O–H groups in total. The van der Waals surface area contributed by atoms with Crippen LogP contribution >= 0.6 is 0 Å². The molecule has 2 aromatic rings. The lowest BCUT2D eigenvalue weighted by Gasteiger charge is -2.11. The lowest BCUT2D eigenvalue weighted by atomic mass is 10.1. The topological polar surface area (TPSA) is 81.7 Å². The molecule has 26 heavy (non-hydrogen) atoms. The number of aryl methyl sites for hydroxylation is 1. The van der Waals surface area contributed by atoms with Gasteiger partial charge in [-0.25, -0.2) is 4.79 Å². The van der Waals surface area contributed by atoms with Crippen molar-refractivity contribution in [2.45, 2.75) is 20.8 Å². The molecule has 0 aromatic heterocycles. The number of rotatable bonds is 7. The van der Waals surface area contributed by atoms with E-state index in [1.54, 1.807) is 30.3 Å². The maximum absolute atomic E-state index is 11.9. The number of hydrogen-bond acceptors (Lipinski definition) is 5. The Balaban J connectivity index is 1.80. The van der Waals surface area contributed by atoms with E-state index < -0.39 is 18.5 Å². The van der Waals surface area contributed by atoms with Crippen LogP contribution < -0.4 is 10.1 Å². The number of benzene rings is 2. The molecule has 0 aliphatic carbocycles. The summed E-state index contributed by atoms with van der Waals surface area (Å²) in [6.07, 6.45) is 0. The van der Waals surface area contributed by atoms with Crippen molar-refractivity contribution >= 4 is 23.3 Å². The van der Waals surface area contributed by atoms with Gasteiger partial charge in [0.15, 0.2) is 19.0 Å². The van der Waals surface area contributed by atoms with Crippen molar-refractivity contribution in [2.75, 3.05) is 18.5 Å². The van der Waals surface area contributed by atoms with Crippen molar-refractivity contribution in [1.82, 2.24) is 0 Å². The molecular formula is C20H21NO5. The predicted octanol–water partition coefficient (Wildman–Crippen LogP) is 3.07. The minimum atomic E-state index is -0.640. The minimum Gasteiger partial charge on any atom is -0.482 e. The van der Waals surface area contributed by atoms with Gasteiger partial charge >= 0.3 is 5.97 Å². The van der Waals surface area contributed by atoms with E-state index in [9.17, 15) is 14.4 Å². The third-order valence-corrected chi connectivity index (χ3v) is 3.82. The zero-order chi connectivity index (χ0) is 19.1. The van der Waals surface area contributed by atoms with Gasteiger partial charge in [0.25, 0.3) is 5.91 Å². The number of amides is 1. The van der Waals surface area contributed by atoms with E-state index in [4.69, 9.17) is 9.47 Å². The molecule has 1 amide bonds. The van der Waals surface area contributed by atoms with Crippen LogP contribution in [0.15, 0.2) is 42.5 Å². The zero-order valence-corrected chi connectivity index (χ0v) is 15.0. The van der Waals surface area contributed by atoms with Crippen LogP contribution in [0.2, 0.25) is 0 Å². The van der Waals surface area contributed by atoms with Gasteiger partial charge in [0.2, 0.25) is 0 Å². The first kappa shape index (κ1) is 19.2. The van der Waals surface area contributed by atoms with Gasteiger partial charge in [-0.15, -0.1) is 0 Å². The van der Waals surface area contributed by atoms with Gasteiger partial charge in [-0.3, -0.25) is 9.59 Å². The number of anilines is 1. The van der Waals surface area contributed by atoms with Crippen LogP contribution in [-0.4, -0.2) is 30.9 Å². The van der Waals surface area contributed by atoms with Crippen LogP contribution in [-0.2, 0) is 14.3 Å². The number of hydrogen-bond donors (Lipinski definition) is 1. The average molecular weight is 355 g/mol. The van der Waals surface area contributed by atoms with Gasteiger partial charge in [-0.2, -0.15) is 0 Å². The van der Waals surface area contributed by atoms with Crippen LogP contribution in [0.25, 0.3) is 0 Å². The lowest BCUT2D eigenvalue weighted by molar-refractivity contribution is -0.149. The van der Waals surface area contributed by atoms with Gasteiger partial charge in [0.05, 0.1) is 0 Å². The molecular weight excluding hydrogens is 334 g/mol. The normalized spacial score (nSPS) is 10.1. The summed E-state index contributed by atoms with van der Waals surface area (Å²) in [5.74, 6) is -0.632. The summed E-state index contributed by atoms with van der Waals surface area (Å²) in [7, 11) is 0. The monoisotopic (exact) mass is 355 g/mol. The first-order valence-electron chi connectivity index (χ1n) is 8.12. The molecule has 0 aliphatic rings. The first-order valence-corrected chi connectivity index (χ1v) is 8.12. The Hall–Kier alpha value is -3.15. The van der Waals surface area contributed by atoms with Crippen molar-refractivity contribution in [1.29, 1.82) is 0 Å². The lowest BCUT2D eigenvalue weighted by Crippen LogP contribution is -2.23. The molecule has 6 heteroatoms. The van der Waals surface area contributed by atoms with Gasteiger partial charge in [0.1, 0.15) is 5.75 Å². The summed E-state index contributed by atoms with van der Waals surface area (Å²) >= 11 is 0. The molecule has 0 spiro atoms. The summed E-state index contributed by atoms with van der Waals surface area (Å²) in [4.78, 5) is 34.9. The second kappa shape index (κ2) is 8.80. The van der Waals surface area contributed by atoms with Crippen molar-refractivity contribution < 1.29 is 23.9 Å². The molecule has 0 aliphatic heterocycles. The predicted molar refractivity (Wildman–Crippen MR) is 97.4 cm³/mol. The molecule has 2 rings (SSSR count). The number of carbonyl (C=O) groups is 3. The van der Waals surface area contributed by atoms with Crippen molar-refractivity contribution in [2.24, 2.45) is 0 Å². The fraction of sp³-hybridized carbons (Fsp3) is 0.250. The van der Waals surface area contributed by atoms with Gasteiger partial charge in [-0.1, -0.05) is 24.3 Å². The average Bonchev–Trinajstić information content (AvgIpc) is 2.61. The third-order valence-electron chi connectivity index (χ3n) is 3.82. The molecule has 0 radical (unpaired) electrons. The minimum absolute atomic E-state index is 0.101. The molecule has 0 bridgehead atoms. The van der Waals surface area contributed by atoms with E-state index in [1.165, 1.54) is 6.92 Å². The van der Waals surface area contributed by atoms with Crippen LogP contribution in [0.5, 0.6) is 5.75 Å². The number of carbonyl (C=O) groups excluding carboxylic acids is 3. The number of ketones is 1. The van der Waals surface area contributed by atoms with E-state index in [2.05, 4.69) is 5.32 Å². The largest absolute Gasteiger partial charge is 0.482 e. The van der Waals surface area contributed by atoms with Gasteiger partial charge in [-0.05, 0) is 50.1 Å². The molecule has 0 saturated carbocycles. The summed E-state index contributed by atoms with van der Waals surface area (Å²) in [6, 6.07) is 12.1. The quantitative estimate of drug-likeness (QED) is 0.610. The molecule has 0 saturated heterocycles. The van der Waals surface area contributed by atoms with Gasteiger partial charge < -0.3 is 14.8 Å². The Labute approximate surface area is 152 Å². The van der Waals surface area contributed by atoms with E-state index >= 15 is 0 Å². The molecule has 0 atom stereocenters. The van der Waals surface area contributed by atoms with Gasteiger partial charge in [0, 0.05) is 11.3 Å². The highest BCUT2D eigenvalue weighted by Gasteiger charge is 2.11. The van der Waals surface area contributed by atoms with E-state index in [0.717, 1.165) is 11.1 Å². The van der Waals surface area contributed by atoms with Crippen molar-refractivity contribution in [3.05, 3.63) is 59.2 Å². The second-order valence-corrected chi connectivity index (χ2v) is 5.83. The molecule has 0 heterocycles. The molecule has 136 valence electrons. The van der Waals surface area contributed by atoms with Crippen LogP contribution in [0.3, 0.4) is 0 Å². The summed E-state index contributed by atoms with van der Waals surface area (Å²) < 4.78 is 10.3. The number of Topliss-reactive ketones (excluding diaryl/α,β-unsaturated/α-hetero) is 1. The van der Waals surface area contributed by atoms with Crippen LogP contribution in [0.4, 0.5) is 5.69 Å². The van der Waals surface area contributed by atoms with Crippen LogP contribution in [0, 0.1) is 13.8 Å². The van der Waals surface area contributed by atoms with Crippen molar-refractivity contribution in [3.8, 4) is 5.75 Å². The highest BCUT2D eigenvalue weighted by Crippen LogP contribution is 2.20. The van der Waals surface area contributed by atoms with E-state index in [-0.39, 0.29) is 12.4 Å². The Morgan fingerprint density at radius 3 is 2.46 bits per heavy atom. The number of ether oxygens (including phenoxy) is 2. The Morgan fingerprint density at radius 2 is 1.73 bits per heavy atom. The molecule has 0 unspecified atom stereocenters. The molecule has 0 fully saturated rings. The standard InChI is InChI=1S/C20H21NO5/c1-13-6-4-9-18(14(13)2)25-12-20(24)26-11-19(23)21-17-8-5-7-16(10-17)15(3)22/h4-10H,11-12H2,1-3H3,(H,21,23). The third kappa shape index (κ3) is 5.44. The first-order chi connectivity index (χ1) is 12.4. The summed E-state index contributed by atoms with van der Waals surface area (Å²) in [6.45, 7) is 4.58. The number of esters is 1. The second-order valence-electron chi connectivity index (χ2n) is 5.83. The Bertz CT molecular complexity index is 829. The smallest absolute Gasteiger partial charge is 0.344 e. The maximum Gasteiger partial charge on any atom is 0.344 e. The molecule has 2 aromatic carbocycles.